The van der Waals surface area contributed by atoms with Gasteiger partial charge in [0.2, 0.25) is 0 Å². The summed E-state index contributed by atoms with van der Waals surface area (Å²) >= 11 is 1.09. The van der Waals surface area contributed by atoms with Gasteiger partial charge >= 0.3 is 5.97 Å². The summed E-state index contributed by atoms with van der Waals surface area (Å²) in [7, 11) is 0. The van der Waals surface area contributed by atoms with Gasteiger partial charge in [0, 0.05) is 5.38 Å². The molecule has 4 N–H and O–H groups in total. The molecule has 0 spiro atoms. The summed E-state index contributed by atoms with van der Waals surface area (Å²) in [6.45, 7) is 0. The first-order valence-corrected chi connectivity index (χ1v) is 5.90. The molecule has 1 heterocycles. The molecule has 19 heavy (non-hydrogen) atoms. The fourth-order valence-electron chi connectivity index (χ4n) is 1.38. The van der Waals surface area contributed by atoms with E-state index in [0.717, 1.165) is 23.5 Å². The Hall–Kier alpha value is -2.48. The number of benzene rings is 1. The van der Waals surface area contributed by atoms with Gasteiger partial charge in [-0.3, -0.25) is 4.79 Å². The zero-order valence-corrected chi connectivity index (χ0v) is 10.2. The van der Waals surface area contributed by atoms with Gasteiger partial charge in [-0.2, -0.15) is 0 Å². The molecule has 0 bridgehead atoms. The highest BCUT2D eigenvalue weighted by atomic mass is 32.1. The Morgan fingerprint density at radius 1 is 1.42 bits per heavy atom. The molecular weight excluding hydrogens is 273 g/mol. The average Bonchev–Trinajstić information content (AvgIpc) is 2.78. The van der Waals surface area contributed by atoms with Crippen molar-refractivity contribution in [2.45, 2.75) is 0 Å². The average molecular weight is 281 g/mol. The van der Waals surface area contributed by atoms with Crippen molar-refractivity contribution in [3.05, 3.63) is 40.7 Å². The Balaban J connectivity index is 2.28. The molecule has 0 saturated carbocycles. The van der Waals surface area contributed by atoms with Crippen LogP contribution in [0.4, 0.5) is 15.2 Å². The van der Waals surface area contributed by atoms with Crippen molar-refractivity contribution in [3.8, 4) is 0 Å². The number of rotatable bonds is 3. The number of hydrogen-bond donors (Lipinski definition) is 3. The van der Waals surface area contributed by atoms with Crippen molar-refractivity contribution < 1.29 is 19.1 Å². The Labute approximate surface area is 110 Å². The Morgan fingerprint density at radius 2 is 2.16 bits per heavy atom. The fourth-order valence-corrected chi connectivity index (χ4v) is 1.92. The minimum Gasteiger partial charge on any atom is -0.478 e. The number of hydrogen-bond acceptors (Lipinski definition) is 5. The second kappa shape index (κ2) is 5.02. The first kappa shape index (κ1) is 13.0. The zero-order chi connectivity index (χ0) is 14.0. The van der Waals surface area contributed by atoms with Crippen LogP contribution >= 0.6 is 11.3 Å². The summed E-state index contributed by atoms with van der Waals surface area (Å²) in [6.07, 6.45) is 0. The molecule has 0 aliphatic heterocycles. The van der Waals surface area contributed by atoms with Gasteiger partial charge in [-0.05, 0) is 18.2 Å². The number of carboxylic acid groups (broad SMARTS) is 1. The molecule has 98 valence electrons. The van der Waals surface area contributed by atoms with Crippen molar-refractivity contribution in [1.82, 2.24) is 4.98 Å². The summed E-state index contributed by atoms with van der Waals surface area (Å²) in [5.41, 5.74) is 5.12. The smallest absolute Gasteiger partial charge is 0.337 e. The quantitative estimate of drug-likeness (QED) is 0.795. The SMILES string of the molecule is Nc1nc(C(=O)Nc2ccc(F)cc2C(=O)O)cs1. The molecule has 1 aromatic carbocycles. The van der Waals surface area contributed by atoms with E-state index >= 15 is 0 Å². The molecule has 0 radical (unpaired) electrons. The number of anilines is 2. The van der Waals surface area contributed by atoms with Gasteiger partial charge in [0.15, 0.2) is 5.13 Å². The minimum atomic E-state index is -1.34. The first-order chi connectivity index (χ1) is 8.97. The second-order valence-corrected chi connectivity index (χ2v) is 4.41. The van der Waals surface area contributed by atoms with Crippen LogP contribution in [0.15, 0.2) is 23.6 Å². The monoisotopic (exact) mass is 281 g/mol. The molecule has 8 heteroatoms. The highest BCUT2D eigenvalue weighted by molar-refractivity contribution is 7.13. The van der Waals surface area contributed by atoms with Gasteiger partial charge in [-0.25, -0.2) is 14.2 Å². The third-order valence-electron chi connectivity index (χ3n) is 2.21. The largest absolute Gasteiger partial charge is 0.478 e. The topological polar surface area (TPSA) is 105 Å². The first-order valence-electron chi connectivity index (χ1n) is 5.02. The van der Waals surface area contributed by atoms with Crippen LogP contribution in [0.2, 0.25) is 0 Å². The number of carbonyl (C=O) groups excluding carboxylic acids is 1. The summed E-state index contributed by atoms with van der Waals surface area (Å²) in [5.74, 6) is -2.65. The molecule has 0 saturated heterocycles. The van der Waals surface area contributed by atoms with E-state index in [1.54, 1.807) is 0 Å². The van der Waals surface area contributed by atoms with Crippen LogP contribution in [-0.4, -0.2) is 22.0 Å². The number of nitrogens with zero attached hydrogens (tertiary/aromatic N) is 1. The Kier molecular flexibility index (Phi) is 3.43. The van der Waals surface area contributed by atoms with E-state index in [-0.39, 0.29) is 22.1 Å². The number of halogens is 1. The van der Waals surface area contributed by atoms with Gasteiger partial charge < -0.3 is 16.2 Å². The number of carbonyl (C=O) groups is 2. The number of nitrogens with two attached hydrogens (primary N) is 1. The van der Waals surface area contributed by atoms with Crippen LogP contribution in [0.3, 0.4) is 0 Å². The van der Waals surface area contributed by atoms with Crippen LogP contribution in [0.25, 0.3) is 0 Å². The third-order valence-corrected chi connectivity index (χ3v) is 2.89. The van der Waals surface area contributed by atoms with E-state index in [4.69, 9.17) is 10.8 Å². The zero-order valence-electron chi connectivity index (χ0n) is 9.38. The highest BCUT2D eigenvalue weighted by Crippen LogP contribution is 2.19. The molecular formula is C11H8FN3O3S. The van der Waals surface area contributed by atoms with Crippen molar-refractivity contribution in [1.29, 1.82) is 0 Å². The maximum atomic E-state index is 13.0. The predicted octanol–water partition coefficient (Wildman–Crippen LogP) is 1.81. The lowest BCUT2D eigenvalue weighted by Crippen LogP contribution is -2.15. The standard InChI is InChI=1S/C11H8FN3O3S/c12-5-1-2-7(6(3-5)10(17)18)14-9(16)8-4-19-11(13)15-8/h1-4H,(H2,13,15)(H,14,16)(H,17,18). The maximum absolute atomic E-state index is 13.0. The number of aromatic carboxylic acids is 1. The van der Waals surface area contributed by atoms with Crippen LogP contribution in [-0.2, 0) is 0 Å². The van der Waals surface area contributed by atoms with Crippen LogP contribution in [0, 0.1) is 5.82 Å². The van der Waals surface area contributed by atoms with Gasteiger partial charge in [0.1, 0.15) is 11.5 Å². The normalized spacial score (nSPS) is 10.2. The van der Waals surface area contributed by atoms with Gasteiger partial charge in [0.05, 0.1) is 11.3 Å². The van der Waals surface area contributed by atoms with Gasteiger partial charge in [-0.1, -0.05) is 0 Å². The lowest BCUT2D eigenvalue weighted by atomic mass is 10.1. The number of nitrogens with one attached hydrogen (secondary N) is 1. The van der Waals surface area contributed by atoms with Crippen LogP contribution < -0.4 is 11.1 Å². The van der Waals surface area contributed by atoms with Crippen LogP contribution in [0.5, 0.6) is 0 Å². The van der Waals surface area contributed by atoms with Gasteiger partial charge in [-0.15, -0.1) is 11.3 Å². The molecule has 1 aromatic heterocycles. The van der Waals surface area contributed by atoms with E-state index in [2.05, 4.69) is 10.3 Å². The van der Waals surface area contributed by atoms with E-state index in [0.29, 0.717) is 0 Å². The molecule has 6 nitrogen and oxygen atoms in total. The fraction of sp³-hybridized carbons (Fsp3) is 0. The number of aromatic nitrogens is 1. The van der Waals surface area contributed by atoms with Crippen molar-refractivity contribution in [2.24, 2.45) is 0 Å². The number of carboxylic acids is 1. The minimum absolute atomic E-state index is 0.00882. The molecule has 0 fully saturated rings. The third kappa shape index (κ3) is 2.86. The van der Waals surface area contributed by atoms with Crippen molar-refractivity contribution >= 4 is 34.0 Å². The van der Waals surface area contributed by atoms with E-state index in [1.807, 2.05) is 0 Å². The molecule has 1 amide bonds. The Morgan fingerprint density at radius 3 is 2.74 bits per heavy atom. The molecule has 0 aliphatic rings. The summed E-state index contributed by atoms with van der Waals surface area (Å²) in [6, 6.07) is 3.05. The Bertz CT molecular complexity index is 656. The van der Waals surface area contributed by atoms with E-state index in [9.17, 15) is 14.0 Å². The summed E-state index contributed by atoms with van der Waals surface area (Å²) in [4.78, 5) is 26.5. The number of thiazole rings is 1. The van der Waals surface area contributed by atoms with Crippen molar-refractivity contribution in [3.63, 3.8) is 0 Å². The number of amides is 1. The van der Waals surface area contributed by atoms with Crippen LogP contribution in [0.1, 0.15) is 20.8 Å². The predicted molar refractivity (Wildman–Crippen MR) is 67.8 cm³/mol. The maximum Gasteiger partial charge on any atom is 0.337 e. The number of nitrogen functional groups attached to an aromatic ring is 1. The van der Waals surface area contributed by atoms with E-state index in [1.165, 1.54) is 11.4 Å². The molecule has 0 aliphatic carbocycles. The molecule has 2 aromatic rings. The lowest BCUT2D eigenvalue weighted by molar-refractivity contribution is 0.0697. The lowest BCUT2D eigenvalue weighted by Gasteiger charge is -2.07. The molecule has 0 unspecified atom stereocenters. The summed E-state index contributed by atoms with van der Waals surface area (Å²) in [5, 5.41) is 12.9. The highest BCUT2D eigenvalue weighted by Gasteiger charge is 2.16. The molecule has 2 rings (SSSR count). The summed E-state index contributed by atoms with van der Waals surface area (Å²) < 4.78 is 13.0. The second-order valence-electron chi connectivity index (χ2n) is 3.52. The van der Waals surface area contributed by atoms with E-state index < -0.39 is 17.7 Å². The molecule has 0 atom stereocenters. The van der Waals surface area contributed by atoms with Crippen molar-refractivity contribution in [2.75, 3.05) is 11.1 Å². The van der Waals surface area contributed by atoms with Gasteiger partial charge in [0.25, 0.3) is 5.91 Å².